The molecule has 0 unspecified atom stereocenters. The number of nitrogens with zero attached hydrogens (tertiary/aromatic N) is 1. The maximum Gasteiger partial charge on any atom is 0.416 e. The standard InChI is InChI=1S/C28H23F3N2O4/c1-16-14-18(8-11-20(16)26(35)36)27(12-13-27)32-25(34)21-15-33(2)22-4-3-5-23(24(21)22)37-19-9-6-17(7-10-19)28(29,30)31/h3-11,14-15H,12-13H2,1-2H3,(H,32,34)(H,35,36). The van der Waals surface area contributed by atoms with Crippen molar-refractivity contribution in [2.45, 2.75) is 31.5 Å². The van der Waals surface area contributed by atoms with Crippen LogP contribution >= 0.6 is 0 Å². The monoisotopic (exact) mass is 508 g/mol. The third-order valence-electron chi connectivity index (χ3n) is 6.74. The highest BCUT2D eigenvalue weighted by Gasteiger charge is 2.46. The summed E-state index contributed by atoms with van der Waals surface area (Å²) in [6.45, 7) is 1.72. The first-order chi connectivity index (χ1) is 17.5. The number of carboxylic acids is 1. The van der Waals surface area contributed by atoms with E-state index >= 15 is 0 Å². The highest BCUT2D eigenvalue weighted by Crippen LogP contribution is 2.46. The van der Waals surface area contributed by atoms with E-state index in [0.29, 0.717) is 35.1 Å². The van der Waals surface area contributed by atoms with Gasteiger partial charge in [0.05, 0.1) is 33.1 Å². The molecule has 1 amide bonds. The number of fused-ring (bicyclic) bond motifs is 1. The molecule has 0 radical (unpaired) electrons. The van der Waals surface area contributed by atoms with Gasteiger partial charge in [0.25, 0.3) is 5.91 Å². The van der Waals surface area contributed by atoms with Crippen LogP contribution in [0.5, 0.6) is 11.5 Å². The minimum atomic E-state index is -4.45. The summed E-state index contributed by atoms with van der Waals surface area (Å²) < 4.78 is 46.5. The smallest absolute Gasteiger partial charge is 0.416 e. The number of aromatic nitrogens is 1. The SMILES string of the molecule is Cc1cc(C2(NC(=O)c3cn(C)c4cccc(Oc5ccc(C(F)(F)F)cc5)c34)CC2)ccc1C(=O)O. The first kappa shape index (κ1) is 24.4. The van der Waals surface area contributed by atoms with Gasteiger partial charge in [0.1, 0.15) is 11.5 Å². The molecule has 0 bridgehead atoms. The molecule has 0 atom stereocenters. The Labute approximate surface area is 210 Å². The van der Waals surface area contributed by atoms with Crippen molar-refractivity contribution in [3.63, 3.8) is 0 Å². The number of halogens is 3. The van der Waals surface area contributed by atoms with Gasteiger partial charge in [0.2, 0.25) is 0 Å². The Morgan fingerprint density at radius 3 is 2.32 bits per heavy atom. The molecular weight excluding hydrogens is 485 g/mol. The van der Waals surface area contributed by atoms with Crippen LogP contribution in [0.1, 0.15) is 50.2 Å². The zero-order valence-electron chi connectivity index (χ0n) is 20.0. The lowest BCUT2D eigenvalue weighted by molar-refractivity contribution is -0.137. The molecule has 2 N–H and O–H groups in total. The molecule has 3 aromatic carbocycles. The molecule has 4 aromatic rings. The molecule has 1 aliphatic carbocycles. The third kappa shape index (κ3) is 4.52. The second kappa shape index (κ2) is 8.69. The van der Waals surface area contributed by atoms with E-state index in [9.17, 15) is 27.9 Å². The highest BCUT2D eigenvalue weighted by atomic mass is 19.4. The zero-order valence-corrected chi connectivity index (χ0v) is 20.0. The summed E-state index contributed by atoms with van der Waals surface area (Å²) in [4.78, 5) is 24.9. The number of rotatable bonds is 6. The number of nitrogens with one attached hydrogen (secondary N) is 1. The van der Waals surface area contributed by atoms with E-state index in [-0.39, 0.29) is 17.2 Å². The van der Waals surface area contributed by atoms with Crippen LogP contribution in [0.4, 0.5) is 13.2 Å². The van der Waals surface area contributed by atoms with Gasteiger partial charge in [0, 0.05) is 13.2 Å². The van der Waals surface area contributed by atoms with Crippen molar-refractivity contribution in [1.29, 1.82) is 0 Å². The van der Waals surface area contributed by atoms with Crippen molar-refractivity contribution in [2.75, 3.05) is 0 Å². The molecular formula is C28H23F3N2O4. The van der Waals surface area contributed by atoms with Gasteiger partial charge in [-0.25, -0.2) is 4.79 Å². The number of aromatic carboxylic acids is 1. The number of carbonyl (C=O) groups is 2. The van der Waals surface area contributed by atoms with Gasteiger partial charge < -0.3 is 19.7 Å². The molecule has 1 fully saturated rings. The lowest BCUT2D eigenvalue weighted by atomic mass is 9.98. The molecule has 1 saturated carbocycles. The number of carbonyl (C=O) groups excluding carboxylic acids is 1. The summed E-state index contributed by atoms with van der Waals surface area (Å²) in [5.41, 5.74) is 1.38. The van der Waals surface area contributed by atoms with Crippen molar-refractivity contribution in [2.24, 2.45) is 7.05 Å². The quantitative estimate of drug-likeness (QED) is 0.315. The Morgan fingerprint density at radius 1 is 1.03 bits per heavy atom. The predicted molar refractivity (Wildman–Crippen MR) is 131 cm³/mol. The van der Waals surface area contributed by atoms with Crippen molar-refractivity contribution in [1.82, 2.24) is 9.88 Å². The summed E-state index contributed by atoms with van der Waals surface area (Å²) in [6.07, 6.45) is -1.34. The second-order valence-corrected chi connectivity index (χ2v) is 9.30. The van der Waals surface area contributed by atoms with Crippen molar-refractivity contribution >= 4 is 22.8 Å². The van der Waals surface area contributed by atoms with E-state index in [1.54, 1.807) is 55.1 Å². The van der Waals surface area contributed by atoms with E-state index in [2.05, 4.69) is 5.32 Å². The van der Waals surface area contributed by atoms with Gasteiger partial charge >= 0.3 is 12.1 Å². The van der Waals surface area contributed by atoms with Gasteiger partial charge in [-0.1, -0.05) is 18.2 Å². The normalized spacial score (nSPS) is 14.4. The Hall–Kier alpha value is -4.27. The Bertz CT molecular complexity index is 1530. The summed E-state index contributed by atoms with van der Waals surface area (Å²) in [5, 5.41) is 13.0. The minimum absolute atomic E-state index is 0.211. The number of benzene rings is 3. The fraction of sp³-hybridized carbons (Fsp3) is 0.214. The molecule has 1 aliphatic rings. The van der Waals surface area contributed by atoms with E-state index in [1.165, 1.54) is 12.1 Å². The third-order valence-corrected chi connectivity index (χ3v) is 6.74. The van der Waals surface area contributed by atoms with E-state index in [0.717, 1.165) is 23.2 Å². The molecule has 5 rings (SSSR count). The van der Waals surface area contributed by atoms with E-state index in [4.69, 9.17) is 4.74 Å². The minimum Gasteiger partial charge on any atom is -0.478 e. The molecule has 0 spiro atoms. The van der Waals surface area contributed by atoms with Crippen molar-refractivity contribution in [3.8, 4) is 11.5 Å². The average Bonchev–Trinajstić information content (AvgIpc) is 3.54. The molecule has 1 aromatic heterocycles. The summed E-state index contributed by atoms with van der Waals surface area (Å²) in [5.74, 6) is -0.779. The lowest BCUT2D eigenvalue weighted by Gasteiger charge is -2.19. The van der Waals surface area contributed by atoms with E-state index < -0.39 is 23.2 Å². The molecule has 0 aliphatic heterocycles. The second-order valence-electron chi connectivity index (χ2n) is 9.30. The molecule has 6 nitrogen and oxygen atoms in total. The number of aryl methyl sites for hydroxylation is 2. The number of alkyl halides is 3. The molecule has 1 heterocycles. The Balaban J connectivity index is 1.46. The van der Waals surface area contributed by atoms with Gasteiger partial charge in [-0.3, -0.25) is 4.79 Å². The topological polar surface area (TPSA) is 80.6 Å². The number of hydrogen-bond donors (Lipinski definition) is 2. The van der Waals surface area contributed by atoms with Crippen LogP contribution in [-0.2, 0) is 18.8 Å². The van der Waals surface area contributed by atoms with Gasteiger partial charge in [-0.05, 0) is 73.4 Å². The first-order valence-electron chi connectivity index (χ1n) is 11.6. The first-order valence-corrected chi connectivity index (χ1v) is 11.6. The summed E-state index contributed by atoms with van der Waals surface area (Å²) in [6, 6.07) is 14.7. The lowest BCUT2D eigenvalue weighted by Crippen LogP contribution is -2.35. The average molecular weight is 508 g/mol. The van der Waals surface area contributed by atoms with Crippen LogP contribution < -0.4 is 10.1 Å². The van der Waals surface area contributed by atoms with Gasteiger partial charge in [-0.2, -0.15) is 13.2 Å². The molecule has 37 heavy (non-hydrogen) atoms. The van der Waals surface area contributed by atoms with Crippen LogP contribution in [0.25, 0.3) is 10.9 Å². The van der Waals surface area contributed by atoms with Crippen LogP contribution in [0.3, 0.4) is 0 Å². The van der Waals surface area contributed by atoms with Crippen LogP contribution in [0.2, 0.25) is 0 Å². The summed E-state index contributed by atoms with van der Waals surface area (Å²) in [7, 11) is 1.79. The number of ether oxygens (including phenoxy) is 1. The van der Waals surface area contributed by atoms with Crippen LogP contribution in [0, 0.1) is 6.92 Å². The highest BCUT2D eigenvalue weighted by molar-refractivity contribution is 6.09. The van der Waals surface area contributed by atoms with Crippen LogP contribution in [-0.4, -0.2) is 21.6 Å². The Kier molecular flexibility index (Phi) is 5.73. The molecule has 0 saturated heterocycles. The number of carboxylic acid groups (broad SMARTS) is 1. The van der Waals surface area contributed by atoms with Crippen molar-refractivity contribution in [3.05, 3.63) is 94.7 Å². The number of hydrogen-bond acceptors (Lipinski definition) is 3. The molecule has 9 heteroatoms. The molecule has 190 valence electrons. The van der Waals surface area contributed by atoms with E-state index in [1.807, 2.05) is 6.07 Å². The largest absolute Gasteiger partial charge is 0.478 e. The van der Waals surface area contributed by atoms with Gasteiger partial charge in [0.15, 0.2) is 0 Å². The zero-order chi connectivity index (χ0) is 26.5. The van der Waals surface area contributed by atoms with Crippen LogP contribution in [0.15, 0.2) is 66.9 Å². The summed E-state index contributed by atoms with van der Waals surface area (Å²) >= 11 is 0. The fourth-order valence-corrected chi connectivity index (χ4v) is 4.60. The number of amides is 1. The van der Waals surface area contributed by atoms with Gasteiger partial charge in [-0.15, -0.1) is 0 Å². The maximum atomic E-state index is 13.5. The maximum absolute atomic E-state index is 13.5. The fourth-order valence-electron chi connectivity index (χ4n) is 4.60. The Morgan fingerprint density at radius 2 is 1.73 bits per heavy atom. The predicted octanol–water partition coefficient (Wildman–Crippen LogP) is 6.42. The van der Waals surface area contributed by atoms with Crippen molar-refractivity contribution < 1.29 is 32.6 Å².